The second kappa shape index (κ2) is 8.57. The smallest absolute Gasteiger partial charge is 0.424 e. The van der Waals surface area contributed by atoms with Crippen LogP contribution in [0.5, 0.6) is 0 Å². The first-order chi connectivity index (χ1) is 16.0. The van der Waals surface area contributed by atoms with Crippen LogP contribution in [0.3, 0.4) is 0 Å². The first kappa shape index (κ1) is 23.4. The summed E-state index contributed by atoms with van der Waals surface area (Å²) in [5.74, 6) is -2.71. The number of fused-ring (bicyclic) bond motifs is 1. The number of nitrogens with zero attached hydrogens (tertiary/aromatic N) is 2. The SMILES string of the molecule is CC(=O)[C@@]1(OC(=O)c2ccc([N+](=O)[O-])cc2)C[C@@H](C)c2c(oc(=O)n2-c2cccc(Cl)c2)[C@@H]1C. The number of carbonyl (C=O) groups excluding carboxylic acids is 2. The van der Waals surface area contributed by atoms with E-state index in [9.17, 15) is 24.5 Å². The number of ether oxygens (including phenoxy) is 1. The lowest BCUT2D eigenvalue weighted by molar-refractivity contribution is -0.384. The number of aromatic nitrogens is 1. The largest absolute Gasteiger partial charge is 0.447 e. The number of nitro benzene ring substituents is 1. The number of non-ortho nitro benzene ring substituents is 1. The number of benzene rings is 2. The third-order valence-electron chi connectivity index (χ3n) is 6.29. The lowest BCUT2D eigenvalue weighted by Crippen LogP contribution is -2.50. The van der Waals surface area contributed by atoms with Gasteiger partial charge in [0.25, 0.3) is 5.69 Å². The van der Waals surface area contributed by atoms with Crippen LogP contribution in [0.2, 0.25) is 5.02 Å². The zero-order chi connectivity index (χ0) is 24.8. The molecule has 0 radical (unpaired) electrons. The Morgan fingerprint density at radius 1 is 1.21 bits per heavy atom. The summed E-state index contributed by atoms with van der Waals surface area (Å²) in [4.78, 5) is 49.0. The van der Waals surface area contributed by atoms with Crippen LogP contribution in [0.15, 0.2) is 57.7 Å². The zero-order valence-electron chi connectivity index (χ0n) is 18.6. The molecule has 0 unspecified atom stereocenters. The molecule has 0 aliphatic heterocycles. The van der Waals surface area contributed by atoms with E-state index >= 15 is 0 Å². The number of rotatable bonds is 5. The Morgan fingerprint density at radius 3 is 2.47 bits per heavy atom. The van der Waals surface area contributed by atoms with E-state index in [1.807, 2.05) is 6.92 Å². The van der Waals surface area contributed by atoms with E-state index < -0.39 is 34.0 Å². The molecule has 3 atom stereocenters. The summed E-state index contributed by atoms with van der Waals surface area (Å²) in [5, 5.41) is 11.3. The zero-order valence-corrected chi connectivity index (χ0v) is 19.4. The predicted molar refractivity (Wildman–Crippen MR) is 123 cm³/mol. The first-order valence-electron chi connectivity index (χ1n) is 10.6. The number of carbonyl (C=O) groups is 2. The van der Waals surface area contributed by atoms with Crippen molar-refractivity contribution in [3.63, 3.8) is 0 Å². The number of hydrogen-bond acceptors (Lipinski definition) is 7. The van der Waals surface area contributed by atoms with Gasteiger partial charge in [-0.1, -0.05) is 31.5 Å². The molecule has 1 aromatic heterocycles. The fourth-order valence-electron chi connectivity index (χ4n) is 4.57. The first-order valence-corrected chi connectivity index (χ1v) is 10.9. The highest BCUT2D eigenvalue weighted by molar-refractivity contribution is 6.30. The fraction of sp³-hybridized carbons (Fsp3) is 0.292. The van der Waals surface area contributed by atoms with Gasteiger partial charge in [0.2, 0.25) is 0 Å². The van der Waals surface area contributed by atoms with Crippen molar-refractivity contribution in [3.05, 3.63) is 91.2 Å². The molecule has 0 bridgehead atoms. The van der Waals surface area contributed by atoms with Crippen LogP contribution in [0.25, 0.3) is 5.69 Å². The maximum Gasteiger partial charge on any atom is 0.424 e. The van der Waals surface area contributed by atoms with Gasteiger partial charge < -0.3 is 9.15 Å². The third kappa shape index (κ3) is 3.81. The number of esters is 1. The second-order valence-corrected chi connectivity index (χ2v) is 8.84. The van der Waals surface area contributed by atoms with E-state index in [1.54, 1.807) is 31.2 Å². The van der Waals surface area contributed by atoms with Crippen LogP contribution in [0, 0.1) is 10.1 Å². The van der Waals surface area contributed by atoms with E-state index in [0.717, 1.165) is 0 Å². The van der Waals surface area contributed by atoms with Crippen LogP contribution in [-0.2, 0) is 9.53 Å². The summed E-state index contributed by atoms with van der Waals surface area (Å²) in [5.41, 5.74) is -0.578. The van der Waals surface area contributed by atoms with E-state index in [0.29, 0.717) is 16.4 Å². The maximum absolute atomic E-state index is 12.9. The average Bonchev–Trinajstić information content (AvgIpc) is 3.14. The van der Waals surface area contributed by atoms with Crippen molar-refractivity contribution in [2.45, 2.75) is 44.6 Å². The number of halogens is 1. The van der Waals surface area contributed by atoms with Crippen molar-refractivity contribution < 1.29 is 23.7 Å². The van der Waals surface area contributed by atoms with Gasteiger partial charge in [0.1, 0.15) is 5.76 Å². The highest BCUT2D eigenvalue weighted by atomic mass is 35.5. The Labute approximate surface area is 199 Å². The second-order valence-electron chi connectivity index (χ2n) is 8.40. The highest BCUT2D eigenvalue weighted by Gasteiger charge is 2.53. The van der Waals surface area contributed by atoms with Crippen LogP contribution in [-0.4, -0.2) is 26.8 Å². The molecule has 9 nitrogen and oxygen atoms in total. The number of nitro groups is 1. The molecule has 3 aromatic rings. The van der Waals surface area contributed by atoms with Gasteiger partial charge in [-0.15, -0.1) is 0 Å². The van der Waals surface area contributed by atoms with Gasteiger partial charge in [0.15, 0.2) is 11.4 Å². The quantitative estimate of drug-likeness (QED) is 0.290. The molecule has 1 aliphatic carbocycles. The normalized spacial score (nSPS) is 21.5. The molecule has 0 saturated carbocycles. The minimum Gasteiger partial charge on any atom is -0.447 e. The summed E-state index contributed by atoms with van der Waals surface area (Å²) in [7, 11) is 0. The Kier molecular flexibility index (Phi) is 5.91. The van der Waals surface area contributed by atoms with Crippen LogP contribution >= 0.6 is 11.6 Å². The molecule has 2 aromatic carbocycles. The standard InChI is InChI=1S/C24H21ClN2O7/c1-13-12-24(15(3)28,34-22(29)16-7-9-18(10-8-16)27(31)32)14(2)21-20(13)26(23(30)33-21)19-6-4-5-17(25)11-19/h4-11,13-14H,12H2,1-3H3/t13-,14+,24-/m1/s1. The molecular formula is C24H21ClN2O7. The number of Topliss-reactive ketones (excluding diaryl/α,β-unsaturated/α-hetero) is 1. The molecule has 4 rings (SSSR count). The van der Waals surface area contributed by atoms with Crippen molar-refractivity contribution in [1.82, 2.24) is 4.57 Å². The van der Waals surface area contributed by atoms with E-state index in [4.69, 9.17) is 20.8 Å². The maximum atomic E-state index is 12.9. The summed E-state index contributed by atoms with van der Waals surface area (Å²) in [6.07, 6.45) is 0.120. The minimum atomic E-state index is -1.58. The van der Waals surface area contributed by atoms with Gasteiger partial charge in [-0.2, -0.15) is 0 Å². The minimum absolute atomic E-state index is 0.0647. The van der Waals surface area contributed by atoms with Crippen LogP contribution < -0.4 is 5.76 Å². The van der Waals surface area contributed by atoms with Crippen molar-refractivity contribution >= 4 is 29.0 Å². The van der Waals surface area contributed by atoms with Crippen LogP contribution in [0.1, 0.15) is 60.8 Å². The Balaban J connectivity index is 1.75. The highest BCUT2D eigenvalue weighted by Crippen LogP contribution is 2.48. The Morgan fingerprint density at radius 2 is 1.88 bits per heavy atom. The molecule has 0 spiro atoms. The topological polar surface area (TPSA) is 122 Å². The summed E-state index contributed by atoms with van der Waals surface area (Å²) in [6, 6.07) is 11.7. The molecule has 1 aliphatic rings. The van der Waals surface area contributed by atoms with E-state index in [2.05, 4.69) is 0 Å². The van der Waals surface area contributed by atoms with Crippen molar-refractivity contribution in [3.8, 4) is 5.69 Å². The van der Waals surface area contributed by atoms with Gasteiger partial charge in [-0.3, -0.25) is 14.9 Å². The predicted octanol–water partition coefficient (Wildman–Crippen LogP) is 4.79. The van der Waals surface area contributed by atoms with Gasteiger partial charge in [-0.25, -0.2) is 14.2 Å². The summed E-state index contributed by atoms with van der Waals surface area (Å²) >= 11 is 6.11. The molecule has 176 valence electrons. The molecule has 0 amide bonds. The summed E-state index contributed by atoms with van der Waals surface area (Å²) < 4.78 is 12.8. The number of oxazole rings is 1. The Hall–Kier alpha value is -3.72. The molecule has 10 heteroatoms. The monoisotopic (exact) mass is 484 g/mol. The number of hydrogen-bond donors (Lipinski definition) is 0. The summed E-state index contributed by atoms with van der Waals surface area (Å²) in [6.45, 7) is 4.81. The number of ketones is 1. The molecule has 34 heavy (non-hydrogen) atoms. The molecule has 0 N–H and O–H groups in total. The Bertz CT molecular complexity index is 1360. The lowest BCUT2D eigenvalue weighted by atomic mass is 9.70. The van der Waals surface area contributed by atoms with Crippen molar-refractivity contribution in [2.75, 3.05) is 0 Å². The van der Waals surface area contributed by atoms with Crippen molar-refractivity contribution in [1.29, 1.82) is 0 Å². The molecular weight excluding hydrogens is 464 g/mol. The molecule has 0 fully saturated rings. The van der Waals surface area contributed by atoms with Gasteiger partial charge in [-0.05, 0) is 37.3 Å². The van der Waals surface area contributed by atoms with Crippen LogP contribution in [0.4, 0.5) is 5.69 Å². The van der Waals surface area contributed by atoms with Gasteiger partial charge in [0, 0.05) is 29.5 Å². The fourth-order valence-corrected chi connectivity index (χ4v) is 4.75. The average molecular weight is 485 g/mol. The molecule has 1 heterocycles. The van der Waals surface area contributed by atoms with E-state index in [1.165, 1.54) is 35.8 Å². The lowest BCUT2D eigenvalue weighted by Gasteiger charge is -2.41. The van der Waals surface area contributed by atoms with Gasteiger partial charge >= 0.3 is 11.7 Å². The third-order valence-corrected chi connectivity index (χ3v) is 6.53. The van der Waals surface area contributed by atoms with Gasteiger partial charge in [0.05, 0.1) is 27.8 Å². The molecule has 0 saturated heterocycles. The van der Waals surface area contributed by atoms with E-state index in [-0.39, 0.29) is 29.3 Å². The van der Waals surface area contributed by atoms with Crippen molar-refractivity contribution in [2.24, 2.45) is 0 Å².